The van der Waals surface area contributed by atoms with Gasteiger partial charge < -0.3 is 14.7 Å². The van der Waals surface area contributed by atoms with Crippen molar-refractivity contribution in [1.29, 1.82) is 0 Å². The fourth-order valence-electron chi connectivity index (χ4n) is 2.93. The lowest BCUT2D eigenvalue weighted by Crippen LogP contribution is -2.30. The molecule has 2 aromatic carbocycles. The minimum Gasteiger partial charge on any atom is -0.507 e. The molecule has 3 rings (SSSR count). The van der Waals surface area contributed by atoms with E-state index in [-0.39, 0.29) is 30.2 Å². The van der Waals surface area contributed by atoms with Crippen molar-refractivity contribution in [2.75, 3.05) is 12.0 Å². The van der Waals surface area contributed by atoms with Crippen LogP contribution in [-0.2, 0) is 20.9 Å². The van der Waals surface area contributed by atoms with Gasteiger partial charge in [0.2, 0.25) is 5.91 Å². The lowest BCUT2D eigenvalue weighted by Gasteiger charge is -2.23. The third-order valence-electron chi connectivity index (χ3n) is 4.24. The Labute approximate surface area is 150 Å². The van der Waals surface area contributed by atoms with Gasteiger partial charge in [0.25, 0.3) is 0 Å². The number of aliphatic hydroxyl groups excluding tert-OH is 1. The van der Waals surface area contributed by atoms with E-state index in [0.717, 1.165) is 0 Å². The summed E-state index contributed by atoms with van der Waals surface area (Å²) in [5.74, 6) is -1.36. The van der Waals surface area contributed by atoms with Crippen LogP contribution in [0.3, 0.4) is 0 Å². The van der Waals surface area contributed by atoms with Gasteiger partial charge in [-0.2, -0.15) is 0 Å². The summed E-state index contributed by atoms with van der Waals surface area (Å²) in [6, 6.07) is 13.8. The quantitative estimate of drug-likeness (QED) is 0.679. The van der Waals surface area contributed by atoms with E-state index in [2.05, 4.69) is 4.85 Å². The number of ether oxygens (including phenoxy) is 1. The highest BCUT2D eigenvalue weighted by atomic mass is 16.5. The average Bonchev–Trinajstić information content (AvgIpc) is 2.78. The Morgan fingerprint density at radius 2 is 1.92 bits per heavy atom. The molecule has 1 heterocycles. The van der Waals surface area contributed by atoms with E-state index in [0.29, 0.717) is 22.5 Å². The highest BCUT2D eigenvalue weighted by Gasteiger charge is 2.31. The third kappa shape index (κ3) is 3.03. The Balaban J connectivity index is 2.10. The summed E-state index contributed by atoms with van der Waals surface area (Å²) < 4.78 is 4.70. The van der Waals surface area contributed by atoms with E-state index in [4.69, 9.17) is 11.3 Å². The second kappa shape index (κ2) is 7.11. The van der Waals surface area contributed by atoms with E-state index in [1.807, 2.05) is 0 Å². The number of hydrogen-bond acceptors (Lipinski definition) is 4. The second-order valence-corrected chi connectivity index (χ2v) is 5.73. The number of esters is 1. The number of rotatable bonds is 3. The predicted molar refractivity (Wildman–Crippen MR) is 96.5 cm³/mol. The molecule has 0 bridgehead atoms. The van der Waals surface area contributed by atoms with Crippen molar-refractivity contribution >= 4 is 29.0 Å². The van der Waals surface area contributed by atoms with E-state index in [1.165, 1.54) is 12.0 Å². The van der Waals surface area contributed by atoms with Gasteiger partial charge in [0.05, 0.1) is 31.4 Å². The number of aliphatic hydroxyl groups is 1. The lowest BCUT2D eigenvalue weighted by molar-refractivity contribution is -0.137. The van der Waals surface area contributed by atoms with Crippen LogP contribution in [0.1, 0.15) is 17.5 Å². The van der Waals surface area contributed by atoms with Crippen molar-refractivity contribution in [3.05, 3.63) is 76.6 Å². The molecule has 26 heavy (non-hydrogen) atoms. The van der Waals surface area contributed by atoms with E-state index in [1.54, 1.807) is 48.5 Å². The summed E-state index contributed by atoms with van der Waals surface area (Å²) in [5, 5.41) is 10.6. The predicted octanol–water partition coefficient (Wildman–Crippen LogP) is 3.62. The molecule has 0 radical (unpaired) electrons. The smallest absolute Gasteiger partial charge is 0.338 e. The van der Waals surface area contributed by atoms with Crippen LogP contribution in [0.25, 0.3) is 10.6 Å². The van der Waals surface area contributed by atoms with Gasteiger partial charge in [0, 0.05) is 12.1 Å². The number of carbonyl (C=O) groups excluding carboxylic acids is 2. The van der Waals surface area contributed by atoms with E-state index >= 15 is 0 Å². The molecule has 0 aromatic heterocycles. The number of hydrogen-bond donors (Lipinski definition) is 1. The molecule has 0 unspecified atom stereocenters. The fourth-order valence-corrected chi connectivity index (χ4v) is 2.93. The highest BCUT2D eigenvalue weighted by Crippen LogP contribution is 2.35. The Morgan fingerprint density at radius 1 is 1.23 bits per heavy atom. The molecule has 1 N–H and O–H groups in total. The molecule has 6 nitrogen and oxygen atoms in total. The third-order valence-corrected chi connectivity index (χ3v) is 4.24. The van der Waals surface area contributed by atoms with Crippen molar-refractivity contribution in [2.45, 2.75) is 13.0 Å². The first kappa shape index (κ1) is 17.2. The number of methoxy groups -OCH3 is 1. The maximum absolute atomic E-state index is 12.9. The minimum absolute atomic E-state index is 0.0779. The molecule has 130 valence electrons. The molecule has 0 aliphatic carbocycles. The summed E-state index contributed by atoms with van der Waals surface area (Å²) in [6.07, 6.45) is -0.284. The molecule has 0 saturated heterocycles. The summed E-state index contributed by atoms with van der Waals surface area (Å²) in [7, 11) is 1.20. The SMILES string of the molecule is [C-]#[N+]c1ccccc1CN1C(=O)CC(C(=O)OC)=C(O)c2ccccc21. The molecule has 0 saturated carbocycles. The van der Waals surface area contributed by atoms with Gasteiger partial charge in [-0.25, -0.2) is 9.64 Å². The Morgan fingerprint density at radius 3 is 2.65 bits per heavy atom. The van der Waals surface area contributed by atoms with Gasteiger partial charge in [-0.15, -0.1) is 0 Å². The first-order valence-electron chi connectivity index (χ1n) is 7.92. The largest absolute Gasteiger partial charge is 0.507 e. The summed E-state index contributed by atoms with van der Waals surface area (Å²) >= 11 is 0. The van der Waals surface area contributed by atoms with Crippen molar-refractivity contribution in [2.24, 2.45) is 0 Å². The molecule has 0 atom stereocenters. The van der Waals surface area contributed by atoms with Crippen LogP contribution in [0, 0.1) is 6.57 Å². The molecular weight excluding hydrogens is 332 g/mol. The maximum Gasteiger partial charge on any atom is 0.338 e. The minimum atomic E-state index is -0.742. The van der Waals surface area contributed by atoms with Gasteiger partial charge in [0.15, 0.2) is 5.69 Å². The zero-order valence-electron chi connectivity index (χ0n) is 14.1. The Kier molecular flexibility index (Phi) is 4.72. The first-order valence-corrected chi connectivity index (χ1v) is 7.92. The lowest BCUT2D eigenvalue weighted by atomic mass is 10.1. The number of amides is 1. The van der Waals surface area contributed by atoms with Gasteiger partial charge in [-0.3, -0.25) is 4.79 Å². The normalized spacial score (nSPS) is 13.7. The number of nitrogens with zero attached hydrogens (tertiary/aromatic N) is 2. The molecule has 6 heteroatoms. The van der Waals surface area contributed by atoms with Crippen LogP contribution in [-0.4, -0.2) is 24.1 Å². The van der Waals surface area contributed by atoms with Gasteiger partial charge in [-0.1, -0.05) is 36.4 Å². The topological polar surface area (TPSA) is 71.2 Å². The Bertz CT molecular complexity index is 956. The van der Waals surface area contributed by atoms with Crippen LogP contribution < -0.4 is 4.90 Å². The first-order chi connectivity index (χ1) is 12.6. The van der Waals surface area contributed by atoms with Crippen LogP contribution in [0.5, 0.6) is 0 Å². The van der Waals surface area contributed by atoms with E-state index < -0.39 is 5.97 Å². The van der Waals surface area contributed by atoms with Gasteiger partial charge >= 0.3 is 5.97 Å². The number of anilines is 1. The van der Waals surface area contributed by atoms with Crippen molar-refractivity contribution in [1.82, 2.24) is 0 Å². The number of carbonyl (C=O) groups is 2. The number of fused-ring (bicyclic) bond motifs is 1. The molecule has 1 aliphatic heterocycles. The van der Waals surface area contributed by atoms with Crippen LogP contribution in [0.2, 0.25) is 0 Å². The van der Waals surface area contributed by atoms with Crippen molar-refractivity contribution in [3.8, 4) is 0 Å². The molecule has 1 amide bonds. The number of benzene rings is 2. The van der Waals surface area contributed by atoms with Gasteiger partial charge in [0.1, 0.15) is 5.76 Å². The standard InChI is InChI=1S/C20H16N2O4/c1-21-16-9-5-3-7-13(16)12-22-17-10-6-4-8-14(17)19(24)15(11-18(22)23)20(25)26-2/h3-10,24H,11-12H2,2H3. The monoisotopic (exact) mass is 348 g/mol. The molecule has 1 aliphatic rings. The molecule has 0 fully saturated rings. The van der Waals surface area contributed by atoms with Crippen molar-refractivity contribution in [3.63, 3.8) is 0 Å². The van der Waals surface area contributed by atoms with Crippen LogP contribution >= 0.6 is 0 Å². The van der Waals surface area contributed by atoms with E-state index in [9.17, 15) is 14.7 Å². The Hall–Kier alpha value is -3.59. The fraction of sp³-hybridized carbons (Fsp3) is 0.150. The average molecular weight is 348 g/mol. The molecule has 0 spiro atoms. The maximum atomic E-state index is 12.9. The van der Waals surface area contributed by atoms with Gasteiger partial charge in [-0.05, 0) is 17.7 Å². The van der Waals surface area contributed by atoms with Crippen LogP contribution in [0.4, 0.5) is 11.4 Å². The number of para-hydroxylation sites is 2. The van der Waals surface area contributed by atoms with Crippen LogP contribution in [0.15, 0.2) is 54.1 Å². The second-order valence-electron chi connectivity index (χ2n) is 5.73. The zero-order chi connectivity index (χ0) is 18.7. The zero-order valence-corrected chi connectivity index (χ0v) is 14.1. The van der Waals surface area contributed by atoms with Crippen molar-refractivity contribution < 1.29 is 19.4 Å². The molecule has 2 aromatic rings. The highest BCUT2D eigenvalue weighted by molar-refractivity contribution is 6.09. The molecular formula is C20H16N2O4. The summed E-state index contributed by atoms with van der Waals surface area (Å²) in [6.45, 7) is 7.46. The summed E-state index contributed by atoms with van der Waals surface area (Å²) in [5.41, 5.74) is 1.91. The summed E-state index contributed by atoms with van der Waals surface area (Å²) in [4.78, 5) is 29.8.